The van der Waals surface area contributed by atoms with Gasteiger partial charge in [-0.15, -0.1) is 0 Å². The number of methoxy groups -OCH3 is 1. The number of rotatable bonds is 6. The Balaban J connectivity index is 1.66. The van der Waals surface area contributed by atoms with Crippen molar-refractivity contribution in [3.8, 4) is 0 Å². The zero-order valence-electron chi connectivity index (χ0n) is 18.9. The molecule has 1 aromatic rings. The number of nitrogens with zero attached hydrogens (tertiary/aromatic N) is 3. The molecular formula is C24H38N4O2. The Morgan fingerprint density at radius 1 is 1.13 bits per heavy atom. The summed E-state index contributed by atoms with van der Waals surface area (Å²) in [7, 11) is 1.47. The molecule has 1 unspecified atom stereocenters. The van der Waals surface area contributed by atoms with Crippen molar-refractivity contribution in [3.63, 3.8) is 0 Å². The van der Waals surface area contributed by atoms with E-state index in [-0.39, 0.29) is 11.9 Å². The first-order chi connectivity index (χ1) is 14.6. The minimum absolute atomic E-state index is 0.0152. The highest BCUT2D eigenvalue weighted by atomic mass is 16.5. The second-order valence-corrected chi connectivity index (χ2v) is 8.54. The molecule has 6 heteroatoms. The maximum absolute atomic E-state index is 11.8. The molecule has 30 heavy (non-hydrogen) atoms. The third-order valence-electron chi connectivity index (χ3n) is 6.50. The molecule has 1 N–H and O–H groups in total. The molecule has 2 fully saturated rings. The van der Waals surface area contributed by atoms with E-state index in [1.54, 1.807) is 0 Å². The van der Waals surface area contributed by atoms with Crippen molar-refractivity contribution < 1.29 is 9.53 Å². The van der Waals surface area contributed by atoms with Crippen LogP contribution in [0.4, 0.5) is 0 Å². The zero-order valence-corrected chi connectivity index (χ0v) is 18.9. The maximum Gasteiger partial charge on any atom is 0.308 e. The molecule has 0 radical (unpaired) electrons. The minimum Gasteiger partial charge on any atom is -0.469 e. The molecule has 2 aliphatic heterocycles. The number of carbonyl (C=O) groups is 1. The number of piperidine rings is 2. The Labute approximate surface area is 181 Å². The van der Waals surface area contributed by atoms with Gasteiger partial charge in [-0.2, -0.15) is 0 Å². The topological polar surface area (TPSA) is 57.2 Å². The number of ether oxygens (including phenoxy) is 1. The van der Waals surface area contributed by atoms with E-state index in [9.17, 15) is 4.79 Å². The van der Waals surface area contributed by atoms with Crippen molar-refractivity contribution in [2.24, 2.45) is 10.9 Å². The monoisotopic (exact) mass is 414 g/mol. The van der Waals surface area contributed by atoms with Crippen molar-refractivity contribution >= 4 is 11.9 Å². The number of likely N-dealkylation sites (tertiary alicyclic amines) is 2. The number of nitrogens with one attached hydrogen (secondary N) is 1. The summed E-state index contributed by atoms with van der Waals surface area (Å²) in [4.78, 5) is 21.7. The summed E-state index contributed by atoms with van der Waals surface area (Å²) in [5.74, 6) is 0.876. The Morgan fingerprint density at radius 2 is 1.87 bits per heavy atom. The molecule has 166 valence electrons. The fourth-order valence-corrected chi connectivity index (χ4v) is 4.56. The Kier molecular flexibility index (Phi) is 8.55. The molecule has 2 heterocycles. The first kappa shape index (κ1) is 22.6. The standard InChI is InChI=1S/C24H38N4O2/c1-4-25-24(27-15-12-20(13-16-27)23(29)30-3)26-17-21-10-5-6-11-22(21)18-28-14-8-7-9-19(28)2/h5-6,10-11,19-20H,4,7-9,12-18H2,1-3H3,(H,25,26). The molecule has 0 bridgehead atoms. The summed E-state index contributed by atoms with van der Waals surface area (Å²) in [6.45, 7) is 9.82. The van der Waals surface area contributed by atoms with Gasteiger partial charge in [0.15, 0.2) is 5.96 Å². The van der Waals surface area contributed by atoms with Crippen molar-refractivity contribution in [3.05, 3.63) is 35.4 Å². The average molecular weight is 415 g/mol. The highest BCUT2D eigenvalue weighted by molar-refractivity contribution is 5.80. The van der Waals surface area contributed by atoms with Gasteiger partial charge in [0.2, 0.25) is 0 Å². The second-order valence-electron chi connectivity index (χ2n) is 8.54. The van der Waals surface area contributed by atoms with Crippen LogP contribution in [0.25, 0.3) is 0 Å². The average Bonchev–Trinajstić information content (AvgIpc) is 2.78. The lowest BCUT2D eigenvalue weighted by Gasteiger charge is -2.34. The van der Waals surface area contributed by atoms with Crippen LogP contribution in [0.2, 0.25) is 0 Å². The molecule has 2 saturated heterocycles. The maximum atomic E-state index is 11.8. The van der Waals surface area contributed by atoms with Crippen LogP contribution in [-0.2, 0) is 22.6 Å². The van der Waals surface area contributed by atoms with E-state index in [4.69, 9.17) is 9.73 Å². The van der Waals surface area contributed by atoms with Crippen LogP contribution < -0.4 is 5.32 Å². The largest absolute Gasteiger partial charge is 0.469 e. The molecular weight excluding hydrogens is 376 g/mol. The number of hydrogen-bond donors (Lipinski definition) is 1. The number of esters is 1. The summed E-state index contributed by atoms with van der Waals surface area (Å²) in [5, 5.41) is 3.44. The van der Waals surface area contributed by atoms with Gasteiger partial charge in [-0.3, -0.25) is 9.69 Å². The SMILES string of the molecule is CCNC(=NCc1ccccc1CN1CCCCC1C)N1CCC(C(=O)OC)CC1. The number of guanidine groups is 1. The Hall–Kier alpha value is -2.08. The highest BCUT2D eigenvalue weighted by Gasteiger charge is 2.27. The fraction of sp³-hybridized carbons (Fsp3) is 0.667. The second kappa shape index (κ2) is 11.3. The van der Waals surface area contributed by atoms with Gasteiger partial charge in [-0.25, -0.2) is 4.99 Å². The summed E-state index contributed by atoms with van der Waals surface area (Å²) in [6.07, 6.45) is 5.59. The van der Waals surface area contributed by atoms with E-state index in [0.717, 1.165) is 45.0 Å². The lowest BCUT2D eigenvalue weighted by atomic mass is 9.97. The summed E-state index contributed by atoms with van der Waals surface area (Å²) in [6, 6.07) is 9.37. The van der Waals surface area contributed by atoms with Crippen LogP contribution in [0.5, 0.6) is 0 Å². The number of benzene rings is 1. The van der Waals surface area contributed by atoms with Gasteiger partial charge in [-0.05, 0) is 57.2 Å². The van der Waals surface area contributed by atoms with Crippen molar-refractivity contribution in [2.75, 3.05) is 33.3 Å². The third kappa shape index (κ3) is 5.97. The van der Waals surface area contributed by atoms with Gasteiger partial charge in [0, 0.05) is 32.2 Å². The van der Waals surface area contributed by atoms with Gasteiger partial charge in [0.1, 0.15) is 0 Å². The van der Waals surface area contributed by atoms with Gasteiger partial charge >= 0.3 is 5.97 Å². The van der Waals surface area contributed by atoms with Crippen molar-refractivity contribution in [1.82, 2.24) is 15.1 Å². The van der Waals surface area contributed by atoms with E-state index in [1.807, 2.05) is 0 Å². The van der Waals surface area contributed by atoms with E-state index in [2.05, 4.69) is 53.2 Å². The van der Waals surface area contributed by atoms with Gasteiger partial charge in [0.25, 0.3) is 0 Å². The molecule has 0 saturated carbocycles. The Morgan fingerprint density at radius 3 is 2.53 bits per heavy atom. The summed E-state index contributed by atoms with van der Waals surface area (Å²) < 4.78 is 4.91. The predicted octanol–water partition coefficient (Wildman–Crippen LogP) is 3.41. The van der Waals surface area contributed by atoms with Crippen LogP contribution >= 0.6 is 0 Å². The Bertz CT molecular complexity index is 713. The zero-order chi connectivity index (χ0) is 21.3. The predicted molar refractivity (Wildman–Crippen MR) is 121 cm³/mol. The molecule has 3 rings (SSSR count). The van der Waals surface area contributed by atoms with Crippen LogP contribution in [0.15, 0.2) is 29.3 Å². The number of carbonyl (C=O) groups excluding carboxylic acids is 1. The quantitative estimate of drug-likeness (QED) is 0.439. The molecule has 0 amide bonds. The summed E-state index contributed by atoms with van der Waals surface area (Å²) >= 11 is 0. The lowest BCUT2D eigenvalue weighted by Crippen LogP contribution is -2.46. The molecule has 0 aromatic heterocycles. The van der Waals surface area contributed by atoms with Crippen LogP contribution in [0.1, 0.15) is 57.1 Å². The fourth-order valence-electron chi connectivity index (χ4n) is 4.56. The van der Waals surface area contributed by atoms with E-state index in [1.165, 1.54) is 44.0 Å². The van der Waals surface area contributed by atoms with Crippen LogP contribution in [0.3, 0.4) is 0 Å². The smallest absolute Gasteiger partial charge is 0.308 e. The van der Waals surface area contributed by atoms with Crippen molar-refractivity contribution in [2.45, 2.75) is 65.1 Å². The van der Waals surface area contributed by atoms with Crippen LogP contribution in [0, 0.1) is 5.92 Å². The van der Waals surface area contributed by atoms with Gasteiger partial charge in [0.05, 0.1) is 19.6 Å². The number of aliphatic imine (C=N–C) groups is 1. The molecule has 1 aromatic carbocycles. The van der Waals surface area contributed by atoms with Gasteiger partial charge in [-0.1, -0.05) is 30.7 Å². The normalized spacial score (nSPS) is 21.5. The van der Waals surface area contributed by atoms with E-state index < -0.39 is 0 Å². The van der Waals surface area contributed by atoms with Crippen molar-refractivity contribution in [1.29, 1.82) is 0 Å². The minimum atomic E-state index is -0.0857. The lowest BCUT2D eigenvalue weighted by molar-refractivity contribution is -0.146. The summed E-state index contributed by atoms with van der Waals surface area (Å²) in [5.41, 5.74) is 2.69. The molecule has 6 nitrogen and oxygen atoms in total. The first-order valence-corrected chi connectivity index (χ1v) is 11.5. The molecule has 0 aliphatic carbocycles. The first-order valence-electron chi connectivity index (χ1n) is 11.5. The van der Waals surface area contributed by atoms with Crippen LogP contribution in [-0.4, -0.2) is 61.1 Å². The molecule has 2 aliphatic rings. The third-order valence-corrected chi connectivity index (χ3v) is 6.50. The van der Waals surface area contributed by atoms with E-state index in [0.29, 0.717) is 12.6 Å². The molecule has 0 spiro atoms. The highest BCUT2D eigenvalue weighted by Crippen LogP contribution is 2.22. The van der Waals surface area contributed by atoms with E-state index >= 15 is 0 Å². The van der Waals surface area contributed by atoms with Gasteiger partial charge < -0.3 is 15.0 Å². The molecule has 1 atom stereocenters. The number of hydrogen-bond acceptors (Lipinski definition) is 4.